The lowest BCUT2D eigenvalue weighted by molar-refractivity contribution is 0.0317. The molecule has 1 aliphatic carbocycles. The number of hydrogen-bond acceptors (Lipinski definition) is 3. The lowest BCUT2D eigenvalue weighted by Gasteiger charge is -2.44. The molecule has 3 heteroatoms. The summed E-state index contributed by atoms with van der Waals surface area (Å²) in [5, 5.41) is 0. The van der Waals surface area contributed by atoms with Crippen molar-refractivity contribution in [2.45, 2.75) is 58.5 Å². The van der Waals surface area contributed by atoms with Gasteiger partial charge in [0.25, 0.3) is 0 Å². The Kier molecular flexibility index (Phi) is 4.99. The van der Waals surface area contributed by atoms with E-state index in [0.29, 0.717) is 11.5 Å². The maximum atomic E-state index is 6.12. The number of ether oxygens (including phenoxy) is 1. The number of rotatable bonds is 6. The summed E-state index contributed by atoms with van der Waals surface area (Å²) in [6, 6.07) is 0.530. The molecular weight excluding hydrogens is 212 g/mol. The van der Waals surface area contributed by atoms with Crippen LogP contribution in [0.15, 0.2) is 0 Å². The Morgan fingerprint density at radius 2 is 1.94 bits per heavy atom. The average molecular weight is 242 g/mol. The van der Waals surface area contributed by atoms with Crippen molar-refractivity contribution in [1.82, 2.24) is 4.90 Å². The molecule has 1 atom stereocenters. The van der Waals surface area contributed by atoms with Gasteiger partial charge in [-0.1, -0.05) is 13.8 Å². The second kappa shape index (κ2) is 5.68. The van der Waals surface area contributed by atoms with Gasteiger partial charge in [-0.3, -0.25) is 4.90 Å². The number of hydrogen-bond donors (Lipinski definition) is 1. The van der Waals surface area contributed by atoms with Crippen LogP contribution in [0.3, 0.4) is 0 Å². The molecule has 0 aromatic rings. The van der Waals surface area contributed by atoms with Gasteiger partial charge in [-0.05, 0) is 38.5 Å². The topological polar surface area (TPSA) is 38.5 Å². The minimum absolute atomic E-state index is 0.191. The van der Waals surface area contributed by atoms with E-state index < -0.39 is 0 Å². The zero-order chi connectivity index (χ0) is 13.1. The van der Waals surface area contributed by atoms with Crippen LogP contribution in [-0.2, 0) is 4.74 Å². The zero-order valence-corrected chi connectivity index (χ0v) is 12.3. The third kappa shape index (κ3) is 3.43. The van der Waals surface area contributed by atoms with Crippen molar-refractivity contribution < 1.29 is 4.74 Å². The summed E-state index contributed by atoms with van der Waals surface area (Å²) < 4.78 is 5.24. The largest absolute Gasteiger partial charge is 0.383 e. The van der Waals surface area contributed by atoms with E-state index in [1.807, 2.05) is 0 Å². The number of nitrogens with zero attached hydrogens (tertiary/aromatic N) is 1. The van der Waals surface area contributed by atoms with Crippen LogP contribution in [0.1, 0.15) is 47.0 Å². The molecule has 1 unspecified atom stereocenters. The third-order valence-electron chi connectivity index (χ3n) is 4.22. The minimum Gasteiger partial charge on any atom is -0.383 e. The van der Waals surface area contributed by atoms with Crippen molar-refractivity contribution >= 4 is 0 Å². The van der Waals surface area contributed by atoms with Gasteiger partial charge in [0, 0.05) is 31.8 Å². The molecule has 0 saturated heterocycles. The fourth-order valence-corrected chi connectivity index (χ4v) is 3.41. The number of nitrogens with two attached hydrogens (primary N) is 1. The van der Waals surface area contributed by atoms with Crippen LogP contribution < -0.4 is 5.73 Å². The molecule has 1 aliphatic rings. The van der Waals surface area contributed by atoms with E-state index in [4.69, 9.17) is 10.5 Å². The van der Waals surface area contributed by atoms with Crippen LogP contribution >= 0.6 is 0 Å². The molecule has 2 N–H and O–H groups in total. The van der Waals surface area contributed by atoms with Crippen LogP contribution in [0.5, 0.6) is 0 Å². The summed E-state index contributed by atoms with van der Waals surface area (Å²) in [5.41, 5.74) is 6.74. The summed E-state index contributed by atoms with van der Waals surface area (Å²) in [6.45, 7) is 11.8. The predicted octanol–water partition coefficient (Wildman–Crippen LogP) is 2.25. The molecule has 0 amide bonds. The Morgan fingerprint density at radius 3 is 2.29 bits per heavy atom. The maximum Gasteiger partial charge on any atom is 0.0590 e. The molecule has 1 saturated carbocycles. The molecule has 0 radical (unpaired) electrons. The van der Waals surface area contributed by atoms with Gasteiger partial charge in [-0.15, -0.1) is 0 Å². The molecule has 0 bridgehead atoms. The van der Waals surface area contributed by atoms with Gasteiger partial charge in [0.1, 0.15) is 0 Å². The van der Waals surface area contributed by atoms with Crippen molar-refractivity contribution in [3.8, 4) is 0 Å². The number of methoxy groups -OCH3 is 1. The molecule has 3 nitrogen and oxygen atoms in total. The summed E-state index contributed by atoms with van der Waals surface area (Å²) in [7, 11) is 1.77. The van der Waals surface area contributed by atoms with Crippen LogP contribution in [-0.4, -0.2) is 43.3 Å². The van der Waals surface area contributed by atoms with Crippen molar-refractivity contribution in [3.05, 3.63) is 0 Å². The Hall–Kier alpha value is -0.120. The Bertz CT molecular complexity index is 240. The molecule has 0 aromatic carbocycles. The summed E-state index contributed by atoms with van der Waals surface area (Å²) in [6.07, 6.45) is 3.71. The second-order valence-electron chi connectivity index (χ2n) is 6.55. The molecule has 102 valence electrons. The van der Waals surface area contributed by atoms with E-state index in [1.165, 1.54) is 19.3 Å². The first-order valence-corrected chi connectivity index (χ1v) is 6.83. The highest BCUT2D eigenvalue weighted by molar-refractivity contribution is 5.02. The van der Waals surface area contributed by atoms with E-state index in [-0.39, 0.29) is 5.54 Å². The summed E-state index contributed by atoms with van der Waals surface area (Å²) in [5.74, 6) is 0. The third-order valence-corrected chi connectivity index (χ3v) is 4.22. The first-order chi connectivity index (χ1) is 7.87. The molecule has 1 rings (SSSR count). The molecule has 0 spiro atoms. The predicted molar refractivity (Wildman–Crippen MR) is 73.1 cm³/mol. The quantitative estimate of drug-likeness (QED) is 0.776. The fourth-order valence-electron chi connectivity index (χ4n) is 3.41. The lowest BCUT2D eigenvalue weighted by atomic mass is 9.86. The Labute approximate surface area is 107 Å². The summed E-state index contributed by atoms with van der Waals surface area (Å²) >= 11 is 0. The highest BCUT2D eigenvalue weighted by Gasteiger charge is 2.46. The highest BCUT2D eigenvalue weighted by atomic mass is 16.5. The van der Waals surface area contributed by atoms with Crippen molar-refractivity contribution in [3.63, 3.8) is 0 Å². The van der Waals surface area contributed by atoms with Crippen molar-refractivity contribution in [2.24, 2.45) is 11.1 Å². The zero-order valence-electron chi connectivity index (χ0n) is 12.3. The monoisotopic (exact) mass is 242 g/mol. The smallest absolute Gasteiger partial charge is 0.0590 e. The first-order valence-electron chi connectivity index (χ1n) is 6.83. The Balaban J connectivity index is 2.81. The molecule has 1 fully saturated rings. The van der Waals surface area contributed by atoms with Crippen LogP contribution in [0.2, 0.25) is 0 Å². The van der Waals surface area contributed by atoms with Crippen molar-refractivity contribution in [2.75, 3.05) is 26.8 Å². The fraction of sp³-hybridized carbons (Fsp3) is 1.00. The van der Waals surface area contributed by atoms with E-state index >= 15 is 0 Å². The van der Waals surface area contributed by atoms with Crippen LogP contribution in [0.25, 0.3) is 0 Å². The van der Waals surface area contributed by atoms with Gasteiger partial charge >= 0.3 is 0 Å². The molecule has 17 heavy (non-hydrogen) atoms. The van der Waals surface area contributed by atoms with Gasteiger partial charge in [0.15, 0.2) is 0 Å². The molecule has 0 heterocycles. The molecule has 0 aliphatic heterocycles. The van der Waals surface area contributed by atoms with E-state index in [2.05, 4.69) is 32.6 Å². The van der Waals surface area contributed by atoms with E-state index in [9.17, 15) is 0 Å². The first kappa shape index (κ1) is 14.9. The van der Waals surface area contributed by atoms with E-state index in [0.717, 1.165) is 19.7 Å². The standard InChI is InChI=1S/C14H30N2O/c1-12(2)16(8-9-17-5)14(11-15)7-6-13(3,4)10-14/h12H,6-11,15H2,1-5H3. The van der Waals surface area contributed by atoms with Gasteiger partial charge < -0.3 is 10.5 Å². The Morgan fingerprint density at radius 1 is 1.29 bits per heavy atom. The SMILES string of the molecule is COCCN(C(C)C)C1(CN)CCC(C)(C)C1. The van der Waals surface area contributed by atoms with Gasteiger partial charge in [-0.25, -0.2) is 0 Å². The van der Waals surface area contributed by atoms with Crippen LogP contribution in [0, 0.1) is 5.41 Å². The van der Waals surface area contributed by atoms with E-state index in [1.54, 1.807) is 7.11 Å². The lowest BCUT2D eigenvalue weighted by Crippen LogP contribution is -2.56. The molecule has 0 aromatic heterocycles. The van der Waals surface area contributed by atoms with Crippen LogP contribution in [0.4, 0.5) is 0 Å². The second-order valence-corrected chi connectivity index (χ2v) is 6.55. The molecular formula is C14H30N2O. The maximum absolute atomic E-state index is 6.12. The van der Waals surface area contributed by atoms with Gasteiger partial charge in [0.2, 0.25) is 0 Å². The normalized spacial score (nSPS) is 28.2. The van der Waals surface area contributed by atoms with Crippen molar-refractivity contribution in [1.29, 1.82) is 0 Å². The summed E-state index contributed by atoms with van der Waals surface area (Å²) in [4.78, 5) is 2.56. The minimum atomic E-state index is 0.191. The van der Waals surface area contributed by atoms with Gasteiger partial charge in [0.05, 0.1) is 6.61 Å². The average Bonchev–Trinajstić information content (AvgIpc) is 2.56. The highest BCUT2D eigenvalue weighted by Crippen LogP contribution is 2.46. The van der Waals surface area contributed by atoms with Gasteiger partial charge in [-0.2, -0.15) is 0 Å².